The van der Waals surface area contributed by atoms with E-state index in [1.807, 2.05) is 13.8 Å². The number of halogens is 3. The summed E-state index contributed by atoms with van der Waals surface area (Å²) in [5.74, 6) is -1.15. The van der Waals surface area contributed by atoms with Crippen LogP contribution in [0.3, 0.4) is 0 Å². The van der Waals surface area contributed by atoms with E-state index in [-0.39, 0.29) is 36.1 Å². The van der Waals surface area contributed by atoms with Crippen LogP contribution in [0.15, 0.2) is 53.8 Å². The molecule has 0 atom stereocenters. The summed E-state index contributed by atoms with van der Waals surface area (Å²) < 4.78 is 41.6. The molecule has 0 unspecified atom stereocenters. The first-order valence-corrected chi connectivity index (χ1v) is 10.6. The Morgan fingerprint density at radius 2 is 2.06 bits per heavy atom. The average Bonchev–Trinajstić information content (AvgIpc) is 2.77. The molecule has 1 aromatic heterocycles. The van der Waals surface area contributed by atoms with E-state index in [0.29, 0.717) is 24.0 Å². The molecule has 0 saturated carbocycles. The van der Waals surface area contributed by atoms with Crippen LogP contribution in [0.1, 0.15) is 49.8 Å². The molecule has 34 heavy (non-hydrogen) atoms. The van der Waals surface area contributed by atoms with Gasteiger partial charge in [0.25, 0.3) is 0 Å². The number of alkyl halides is 3. The molecule has 0 radical (unpaired) electrons. The Kier molecular flexibility index (Phi) is 9.18. The standard InChI is InChI=1S/C24H26F3N5O2/c1-16(2)14-32(23(29)31-15-28)20-11-18(10-19(12-20)24(25,26)27)21(7-3-4-8-22(33)34)17-6-5-9-30-13-17/h5-7,9-13,16H,3-4,8,14H2,1-2H3,(H2,29,31)(H,33,34)/b21-7-. The Labute approximate surface area is 196 Å². The van der Waals surface area contributed by atoms with Crippen LogP contribution in [0.5, 0.6) is 0 Å². The maximum atomic E-state index is 13.9. The Morgan fingerprint density at radius 1 is 1.32 bits per heavy atom. The van der Waals surface area contributed by atoms with Crippen LogP contribution in [0.2, 0.25) is 0 Å². The molecular weight excluding hydrogens is 447 g/mol. The highest BCUT2D eigenvalue weighted by molar-refractivity contribution is 5.96. The Hall–Kier alpha value is -3.87. The second-order valence-electron chi connectivity index (χ2n) is 7.99. The molecule has 3 N–H and O–H groups in total. The van der Waals surface area contributed by atoms with Crippen molar-refractivity contribution in [1.29, 1.82) is 5.26 Å². The third-order valence-electron chi connectivity index (χ3n) is 4.77. The van der Waals surface area contributed by atoms with E-state index >= 15 is 0 Å². The molecule has 0 saturated heterocycles. The van der Waals surface area contributed by atoms with Gasteiger partial charge in [-0.15, -0.1) is 4.99 Å². The Morgan fingerprint density at radius 3 is 2.62 bits per heavy atom. The third-order valence-corrected chi connectivity index (χ3v) is 4.77. The van der Waals surface area contributed by atoms with E-state index in [9.17, 15) is 18.0 Å². The molecular formula is C24H26F3N5O2. The first-order chi connectivity index (χ1) is 16.0. The number of guanidine groups is 1. The quantitative estimate of drug-likeness (QED) is 0.228. The van der Waals surface area contributed by atoms with Gasteiger partial charge in [0.15, 0.2) is 0 Å². The SMILES string of the molecule is CC(C)CN(C(N)=NC#N)c1cc(/C(=C\CCCC(=O)O)c2cccnc2)cc(C(F)(F)F)c1. The van der Waals surface area contributed by atoms with Crippen molar-refractivity contribution in [2.45, 2.75) is 39.3 Å². The maximum absolute atomic E-state index is 13.9. The highest BCUT2D eigenvalue weighted by Gasteiger charge is 2.32. The molecule has 2 rings (SSSR count). The van der Waals surface area contributed by atoms with Gasteiger partial charge in [-0.2, -0.15) is 18.4 Å². The Bertz CT molecular complexity index is 1090. The lowest BCUT2D eigenvalue weighted by Gasteiger charge is -2.27. The summed E-state index contributed by atoms with van der Waals surface area (Å²) in [6, 6.07) is 6.93. The smallest absolute Gasteiger partial charge is 0.416 e. The van der Waals surface area contributed by atoms with Crippen molar-refractivity contribution in [3.63, 3.8) is 0 Å². The van der Waals surface area contributed by atoms with E-state index in [1.54, 1.807) is 36.7 Å². The monoisotopic (exact) mass is 473 g/mol. The molecule has 10 heteroatoms. The largest absolute Gasteiger partial charge is 0.481 e. The molecule has 2 aromatic rings. The number of anilines is 1. The molecule has 0 spiro atoms. The minimum atomic E-state index is -4.64. The van der Waals surface area contributed by atoms with Crippen LogP contribution in [-0.2, 0) is 11.0 Å². The van der Waals surface area contributed by atoms with Crippen molar-refractivity contribution in [3.8, 4) is 6.19 Å². The number of nitrogens with two attached hydrogens (primary N) is 1. The number of carbonyl (C=O) groups is 1. The number of nitrogens with zero attached hydrogens (tertiary/aromatic N) is 4. The van der Waals surface area contributed by atoms with Crippen LogP contribution in [0.4, 0.5) is 18.9 Å². The summed E-state index contributed by atoms with van der Waals surface area (Å²) in [5, 5.41) is 17.8. The predicted octanol–water partition coefficient (Wildman–Crippen LogP) is 5.05. The van der Waals surface area contributed by atoms with Crippen LogP contribution in [-0.4, -0.2) is 28.6 Å². The lowest BCUT2D eigenvalue weighted by molar-refractivity contribution is -0.138. The molecule has 0 aliphatic carbocycles. The minimum absolute atomic E-state index is 0.00907. The van der Waals surface area contributed by atoms with Crippen molar-refractivity contribution in [2.75, 3.05) is 11.4 Å². The van der Waals surface area contributed by atoms with Crippen molar-refractivity contribution in [1.82, 2.24) is 4.98 Å². The zero-order chi connectivity index (χ0) is 25.3. The highest BCUT2D eigenvalue weighted by Crippen LogP contribution is 2.36. The third kappa shape index (κ3) is 7.62. The Balaban J connectivity index is 2.70. The summed E-state index contributed by atoms with van der Waals surface area (Å²) in [5.41, 5.74) is 6.48. The van der Waals surface area contributed by atoms with Gasteiger partial charge >= 0.3 is 12.1 Å². The van der Waals surface area contributed by atoms with Crippen molar-refractivity contribution < 1.29 is 23.1 Å². The molecule has 7 nitrogen and oxygen atoms in total. The average molecular weight is 473 g/mol. The summed E-state index contributed by atoms with van der Waals surface area (Å²) in [6.07, 6.45) is 2.32. The van der Waals surface area contributed by atoms with Gasteiger partial charge in [-0.25, -0.2) is 0 Å². The normalized spacial score (nSPS) is 12.5. The van der Waals surface area contributed by atoms with Crippen molar-refractivity contribution >= 4 is 23.2 Å². The topological polar surface area (TPSA) is 116 Å². The number of rotatable bonds is 9. The number of carboxylic acid groups (broad SMARTS) is 1. The van der Waals surface area contributed by atoms with Crippen LogP contribution in [0.25, 0.3) is 5.57 Å². The van der Waals surface area contributed by atoms with Gasteiger partial charge in [0.2, 0.25) is 12.2 Å². The van der Waals surface area contributed by atoms with Gasteiger partial charge in [0, 0.05) is 36.6 Å². The van der Waals surface area contributed by atoms with Gasteiger partial charge in [0.1, 0.15) is 0 Å². The van der Waals surface area contributed by atoms with E-state index in [2.05, 4.69) is 9.98 Å². The minimum Gasteiger partial charge on any atom is -0.481 e. The van der Waals surface area contributed by atoms with Gasteiger partial charge in [-0.1, -0.05) is 26.0 Å². The number of carboxylic acids is 1. The highest BCUT2D eigenvalue weighted by atomic mass is 19.4. The molecule has 180 valence electrons. The molecule has 1 aromatic carbocycles. The first kappa shape index (κ1) is 26.4. The fourth-order valence-electron chi connectivity index (χ4n) is 3.32. The number of nitriles is 1. The van der Waals surface area contributed by atoms with E-state index in [0.717, 1.165) is 12.1 Å². The van der Waals surface area contributed by atoms with Crippen molar-refractivity contribution in [2.24, 2.45) is 16.6 Å². The van der Waals surface area contributed by atoms with E-state index in [4.69, 9.17) is 16.1 Å². The molecule has 0 amide bonds. The number of unbranched alkanes of at least 4 members (excludes halogenated alkanes) is 1. The number of hydrogen-bond donors (Lipinski definition) is 2. The van der Waals surface area contributed by atoms with Crippen LogP contribution >= 0.6 is 0 Å². The van der Waals surface area contributed by atoms with Gasteiger partial charge < -0.3 is 15.7 Å². The van der Waals surface area contributed by atoms with Gasteiger partial charge in [0.05, 0.1) is 5.56 Å². The fourth-order valence-corrected chi connectivity index (χ4v) is 3.32. The number of aliphatic carboxylic acids is 1. The summed E-state index contributed by atoms with van der Waals surface area (Å²) in [4.78, 5) is 19.8. The first-order valence-electron chi connectivity index (χ1n) is 10.6. The molecule has 1 heterocycles. The number of allylic oxidation sites excluding steroid dienone is 1. The number of benzene rings is 1. The number of pyridine rings is 1. The molecule has 0 aliphatic rings. The fraction of sp³-hybridized carbons (Fsp3) is 0.333. The number of aromatic nitrogens is 1. The summed E-state index contributed by atoms with van der Waals surface area (Å²) in [6.45, 7) is 3.97. The van der Waals surface area contributed by atoms with Gasteiger partial charge in [-0.05, 0) is 54.2 Å². The van der Waals surface area contributed by atoms with E-state index < -0.39 is 17.7 Å². The number of aliphatic imine (C=N–C) groups is 1. The van der Waals surface area contributed by atoms with E-state index in [1.165, 1.54) is 11.1 Å². The zero-order valence-corrected chi connectivity index (χ0v) is 18.9. The summed E-state index contributed by atoms with van der Waals surface area (Å²) >= 11 is 0. The summed E-state index contributed by atoms with van der Waals surface area (Å²) in [7, 11) is 0. The lowest BCUT2D eigenvalue weighted by atomic mass is 9.95. The second-order valence-corrected chi connectivity index (χ2v) is 7.99. The lowest BCUT2D eigenvalue weighted by Crippen LogP contribution is -2.40. The second kappa shape index (κ2) is 11.8. The van der Waals surface area contributed by atoms with Gasteiger partial charge in [-0.3, -0.25) is 9.78 Å². The van der Waals surface area contributed by atoms with Crippen LogP contribution in [0, 0.1) is 17.4 Å². The predicted molar refractivity (Wildman–Crippen MR) is 124 cm³/mol. The molecule has 0 bridgehead atoms. The zero-order valence-electron chi connectivity index (χ0n) is 18.9. The molecule has 0 fully saturated rings. The van der Waals surface area contributed by atoms with Crippen molar-refractivity contribution in [3.05, 3.63) is 65.5 Å². The molecule has 0 aliphatic heterocycles. The van der Waals surface area contributed by atoms with Crippen LogP contribution < -0.4 is 10.6 Å². The number of hydrogen-bond acceptors (Lipinski definition) is 4. The maximum Gasteiger partial charge on any atom is 0.416 e.